The van der Waals surface area contributed by atoms with Crippen molar-refractivity contribution in [2.75, 3.05) is 27.7 Å². The van der Waals surface area contributed by atoms with E-state index >= 15 is 0 Å². The summed E-state index contributed by atoms with van der Waals surface area (Å²) in [5.74, 6) is 0.833. The SMILES string of the molecule is CC.CC.CC.CC(C)C.CCCC.CCCCCC.CCN(C)C.CCc1ccccc1C.CO. The van der Waals surface area contributed by atoms with Crippen molar-refractivity contribution in [1.29, 1.82) is 0 Å². The molecule has 2 nitrogen and oxygen atoms in total. The van der Waals surface area contributed by atoms with Crippen LogP contribution in [0.4, 0.5) is 0 Å². The maximum atomic E-state index is 7.00. The van der Waals surface area contributed by atoms with E-state index in [9.17, 15) is 0 Å². The third-order valence-corrected chi connectivity index (χ3v) is 3.73. The van der Waals surface area contributed by atoms with Crippen molar-refractivity contribution in [2.45, 2.75) is 156 Å². The normalized spacial score (nSPS) is 7.72. The van der Waals surface area contributed by atoms with Crippen molar-refractivity contribution < 1.29 is 5.11 Å². The molecular weight excluding hydrogens is 438 g/mol. The molecule has 2 heteroatoms. The van der Waals surface area contributed by atoms with Gasteiger partial charge >= 0.3 is 0 Å². The Bertz CT molecular complexity index is 353. The molecule has 0 amide bonds. The maximum absolute atomic E-state index is 7.00. The van der Waals surface area contributed by atoms with Gasteiger partial charge in [-0.25, -0.2) is 0 Å². The van der Waals surface area contributed by atoms with E-state index < -0.39 is 0 Å². The minimum Gasteiger partial charge on any atom is -0.400 e. The first-order chi connectivity index (χ1) is 17.2. The smallest absolute Gasteiger partial charge is 0.0319 e. The van der Waals surface area contributed by atoms with E-state index in [4.69, 9.17) is 5.11 Å². The van der Waals surface area contributed by atoms with E-state index in [1.54, 1.807) is 0 Å². The zero-order valence-electron chi connectivity index (χ0n) is 29.4. The second-order valence-electron chi connectivity index (χ2n) is 8.12. The Morgan fingerprint density at radius 2 is 0.917 bits per heavy atom. The number of aliphatic hydroxyl groups is 1. The number of hydrogen-bond acceptors (Lipinski definition) is 2. The molecule has 1 N–H and O–H groups in total. The summed E-state index contributed by atoms with van der Waals surface area (Å²) >= 11 is 0. The molecule has 0 radical (unpaired) electrons. The average molecular weight is 518 g/mol. The van der Waals surface area contributed by atoms with Crippen LogP contribution in [0.5, 0.6) is 0 Å². The molecule has 0 aromatic heterocycles. The van der Waals surface area contributed by atoms with Crippen LogP contribution in [-0.2, 0) is 6.42 Å². The van der Waals surface area contributed by atoms with Crippen molar-refractivity contribution in [3.63, 3.8) is 0 Å². The van der Waals surface area contributed by atoms with Gasteiger partial charge in [0.1, 0.15) is 0 Å². The van der Waals surface area contributed by atoms with Gasteiger partial charge in [0, 0.05) is 7.11 Å². The summed E-state index contributed by atoms with van der Waals surface area (Å²) in [5.41, 5.74) is 2.86. The van der Waals surface area contributed by atoms with Crippen LogP contribution in [0.2, 0.25) is 0 Å². The Morgan fingerprint density at radius 1 is 0.639 bits per heavy atom. The molecule has 36 heavy (non-hydrogen) atoms. The lowest BCUT2D eigenvalue weighted by atomic mass is 10.1. The number of aryl methyl sites for hydroxylation is 2. The first-order valence-corrected chi connectivity index (χ1v) is 15.3. The fourth-order valence-electron chi connectivity index (χ4n) is 1.51. The molecule has 1 aromatic carbocycles. The molecule has 0 aliphatic rings. The molecule has 0 unspecified atom stereocenters. The van der Waals surface area contributed by atoms with Crippen LogP contribution in [0.15, 0.2) is 24.3 Å². The third kappa shape index (κ3) is 104. The predicted molar refractivity (Wildman–Crippen MR) is 178 cm³/mol. The van der Waals surface area contributed by atoms with Crippen molar-refractivity contribution in [1.82, 2.24) is 4.90 Å². The highest BCUT2D eigenvalue weighted by Crippen LogP contribution is 2.06. The van der Waals surface area contributed by atoms with Gasteiger partial charge in [0.2, 0.25) is 0 Å². The topological polar surface area (TPSA) is 23.5 Å². The van der Waals surface area contributed by atoms with E-state index in [1.165, 1.54) is 49.7 Å². The van der Waals surface area contributed by atoms with E-state index in [2.05, 4.69) is 112 Å². The molecule has 0 spiro atoms. The van der Waals surface area contributed by atoms with E-state index in [-0.39, 0.29) is 0 Å². The summed E-state index contributed by atoms with van der Waals surface area (Å²) in [6.45, 7) is 34.9. The lowest BCUT2D eigenvalue weighted by Crippen LogP contribution is -2.08. The number of aliphatic hydroxyl groups excluding tert-OH is 1. The fraction of sp³-hybridized carbons (Fsp3) is 0.824. The van der Waals surface area contributed by atoms with Crippen molar-refractivity contribution in [3.05, 3.63) is 35.4 Å². The molecule has 0 fully saturated rings. The minimum atomic E-state index is 0.833. The van der Waals surface area contributed by atoms with E-state index in [1.807, 2.05) is 41.5 Å². The molecule has 226 valence electrons. The van der Waals surface area contributed by atoms with Gasteiger partial charge in [0.15, 0.2) is 0 Å². The van der Waals surface area contributed by atoms with E-state index in [0.29, 0.717) is 0 Å². The molecule has 0 bridgehead atoms. The quantitative estimate of drug-likeness (QED) is 0.379. The van der Waals surface area contributed by atoms with Crippen LogP contribution in [0, 0.1) is 12.8 Å². The predicted octanol–water partition coefficient (Wildman–Crippen LogP) is 11.9. The minimum absolute atomic E-state index is 0.833. The maximum Gasteiger partial charge on any atom is 0.0319 e. The first-order valence-electron chi connectivity index (χ1n) is 15.3. The average Bonchev–Trinajstić information content (AvgIpc) is 2.92. The lowest BCUT2D eigenvalue weighted by Gasteiger charge is -2.00. The molecular formula is C34H79NO. The van der Waals surface area contributed by atoms with Crippen LogP contribution in [0.25, 0.3) is 0 Å². The second-order valence-corrected chi connectivity index (χ2v) is 8.12. The molecule has 0 aliphatic carbocycles. The van der Waals surface area contributed by atoms with Crippen molar-refractivity contribution in [2.24, 2.45) is 5.92 Å². The standard InChI is InChI=1S/C9H12.C6H14.C4H11N.2C4H10.3C2H6.CH4O/c1-3-9-7-5-4-6-8(9)2;1-3-5-6-4-2;1-4-5(2)3;1-4(2)3;1-3-4-2;4*1-2/h4-7H,3H2,1-2H3;3-6H2,1-2H3;4H2,1-3H3;4H,1-3H3;3-4H2,1-2H3;3*1-2H3;2H,1H3. The number of nitrogens with zero attached hydrogens (tertiary/aromatic N) is 1. The molecule has 0 saturated carbocycles. The summed E-state index contributed by atoms with van der Waals surface area (Å²) in [7, 11) is 5.11. The van der Waals surface area contributed by atoms with Gasteiger partial charge in [-0.15, -0.1) is 0 Å². The largest absolute Gasteiger partial charge is 0.400 e. The number of rotatable bonds is 6. The summed E-state index contributed by atoms with van der Waals surface area (Å²) in [5, 5.41) is 7.00. The summed E-state index contributed by atoms with van der Waals surface area (Å²) in [6, 6.07) is 8.49. The molecule has 0 heterocycles. The zero-order chi connectivity index (χ0) is 30.8. The molecule has 0 aliphatic heterocycles. The summed E-state index contributed by atoms with van der Waals surface area (Å²) < 4.78 is 0. The number of hydrogen-bond donors (Lipinski definition) is 1. The summed E-state index contributed by atoms with van der Waals surface area (Å²) in [4.78, 5) is 2.12. The van der Waals surface area contributed by atoms with Crippen LogP contribution >= 0.6 is 0 Å². The highest BCUT2D eigenvalue weighted by Gasteiger charge is 1.89. The molecule has 0 atom stereocenters. The highest BCUT2D eigenvalue weighted by molar-refractivity contribution is 5.24. The first kappa shape index (κ1) is 55.6. The fourth-order valence-corrected chi connectivity index (χ4v) is 1.51. The monoisotopic (exact) mass is 518 g/mol. The van der Waals surface area contributed by atoms with Crippen molar-refractivity contribution in [3.8, 4) is 0 Å². The van der Waals surface area contributed by atoms with Crippen LogP contribution < -0.4 is 0 Å². The van der Waals surface area contributed by atoms with Gasteiger partial charge in [-0.2, -0.15) is 0 Å². The van der Waals surface area contributed by atoms with Crippen LogP contribution in [0.1, 0.15) is 154 Å². The van der Waals surface area contributed by atoms with Crippen LogP contribution in [0.3, 0.4) is 0 Å². The van der Waals surface area contributed by atoms with Gasteiger partial charge < -0.3 is 10.0 Å². The highest BCUT2D eigenvalue weighted by atomic mass is 16.2. The Hall–Kier alpha value is -0.860. The van der Waals surface area contributed by atoms with Gasteiger partial charge in [-0.05, 0) is 51.0 Å². The van der Waals surface area contributed by atoms with E-state index in [0.717, 1.165) is 26.0 Å². The number of unbranched alkanes of at least 4 members (excludes halogenated alkanes) is 4. The second kappa shape index (κ2) is 70.0. The van der Waals surface area contributed by atoms with Gasteiger partial charge in [-0.3, -0.25) is 0 Å². The van der Waals surface area contributed by atoms with Gasteiger partial charge in [0.05, 0.1) is 0 Å². The van der Waals surface area contributed by atoms with Crippen LogP contribution in [-0.4, -0.2) is 37.8 Å². The Labute approximate surface area is 234 Å². The zero-order valence-corrected chi connectivity index (χ0v) is 29.4. The molecule has 1 rings (SSSR count). The Morgan fingerprint density at radius 3 is 1.06 bits per heavy atom. The Kier molecular flexibility index (Phi) is 108. The molecule has 1 aromatic rings. The lowest BCUT2D eigenvalue weighted by molar-refractivity contribution is 0.399. The Balaban J connectivity index is -0.0000000436. The van der Waals surface area contributed by atoms with Gasteiger partial charge in [-0.1, -0.05) is 167 Å². The van der Waals surface area contributed by atoms with Crippen molar-refractivity contribution >= 4 is 0 Å². The third-order valence-electron chi connectivity index (χ3n) is 3.73. The molecule has 0 saturated heterocycles. The number of benzene rings is 1. The van der Waals surface area contributed by atoms with Gasteiger partial charge in [0.25, 0.3) is 0 Å². The summed E-state index contributed by atoms with van der Waals surface area (Å²) in [6.07, 6.45) is 9.32.